The molecule has 1 N–H and O–H groups in total. The van der Waals surface area contributed by atoms with Crippen LogP contribution in [0.1, 0.15) is 34.8 Å². The first-order valence-corrected chi connectivity index (χ1v) is 9.32. The molecule has 0 bridgehead atoms. The Balaban J connectivity index is 1.62. The molecule has 0 aliphatic carbocycles. The molecule has 0 radical (unpaired) electrons. The van der Waals surface area contributed by atoms with Gasteiger partial charge in [-0.25, -0.2) is 0 Å². The summed E-state index contributed by atoms with van der Waals surface area (Å²) < 4.78 is 0.836. The summed E-state index contributed by atoms with van der Waals surface area (Å²) in [6.45, 7) is 4.90. The van der Waals surface area contributed by atoms with Crippen LogP contribution in [0, 0.1) is 0 Å². The lowest BCUT2D eigenvalue weighted by molar-refractivity contribution is 0.0925. The highest BCUT2D eigenvalue weighted by Crippen LogP contribution is 2.21. The van der Waals surface area contributed by atoms with Gasteiger partial charge in [-0.2, -0.15) is 0 Å². The summed E-state index contributed by atoms with van der Waals surface area (Å²) in [6.07, 6.45) is 2.11. The Kier molecular flexibility index (Phi) is 5.69. The maximum absolute atomic E-state index is 12.4. The number of halogens is 1. The summed E-state index contributed by atoms with van der Waals surface area (Å²) in [5.41, 5.74) is 3.57. The second kappa shape index (κ2) is 7.95. The fourth-order valence-corrected chi connectivity index (χ4v) is 3.78. The maximum atomic E-state index is 12.4. The highest BCUT2D eigenvalue weighted by molar-refractivity contribution is 9.10. The van der Waals surface area contributed by atoms with E-state index in [1.165, 1.54) is 11.1 Å². The number of carbonyl (C=O) groups excluding carboxylic acids is 1. The molecule has 0 saturated carbocycles. The zero-order valence-corrected chi connectivity index (χ0v) is 15.6. The number of hydrogen-bond donors (Lipinski definition) is 1. The number of nitrogens with zero attached hydrogens (tertiary/aromatic N) is 1. The SMILES string of the molecule is CC[C@@H](CNC(=O)c1ccccc1Br)N1CCc2ccccc2C1. The normalized spacial score (nSPS) is 15.6. The van der Waals surface area contributed by atoms with Crippen LogP contribution < -0.4 is 5.32 Å². The zero-order valence-electron chi connectivity index (χ0n) is 14.0. The lowest BCUT2D eigenvalue weighted by atomic mass is 9.98. The number of carbonyl (C=O) groups is 1. The van der Waals surface area contributed by atoms with Crippen LogP contribution in [0.4, 0.5) is 0 Å². The largest absolute Gasteiger partial charge is 0.350 e. The van der Waals surface area contributed by atoms with Crippen molar-refractivity contribution in [1.29, 1.82) is 0 Å². The molecule has 24 heavy (non-hydrogen) atoms. The Morgan fingerprint density at radius 1 is 1.17 bits per heavy atom. The van der Waals surface area contributed by atoms with Gasteiger partial charge in [-0.3, -0.25) is 9.69 Å². The summed E-state index contributed by atoms with van der Waals surface area (Å²) in [5, 5.41) is 3.10. The van der Waals surface area contributed by atoms with Crippen LogP contribution in [-0.4, -0.2) is 29.9 Å². The van der Waals surface area contributed by atoms with E-state index >= 15 is 0 Å². The van der Waals surface area contributed by atoms with E-state index in [9.17, 15) is 4.79 Å². The summed E-state index contributed by atoms with van der Waals surface area (Å²) in [5.74, 6) is -0.0154. The van der Waals surface area contributed by atoms with Gasteiger partial charge in [-0.05, 0) is 52.0 Å². The third-order valence-electron chi connectivity index (χ3n) is 4.76. The van der Waals surface area contributed by atoms with E-state index in [-0.39, 0.29) is 5.91 Å². The molecule has 0 aromatic heterocycles. The first-order chi connectivity index (χ1) is 11.7. The predicted octanol–water partition coefficient (Wildman–Crippen LogP) is 4.02. The van der Waals surface area contributed by atoms with E-state index in [4.69, 9.17) is 0 Å². The van der Waals surface area contributed by atoms with Crippen molar-refractivity contribution < 1.29 is 4.79 Å². The first kappa shape index (κ1) is 17.2. The lowest BCUT2D eigenvalue weighted by Gasteiger charge is -2.35. The number of benzene rings is 2. The standard InChI is InChI=1S/C20H23BrN2O/c1-2-17(13-22-20(24)18-9-5-6-10-19(18)21)23-12-11-15-7-3-4-8-16(15)14-23/h3-10,17H,2,11-14H2,1H3,(H,22,24)/t17-/m0/s1. The minimum absolute atomic E-state index is 0.0154. The minimum Gasteiger partial charge on any atom is -0.350 e. The summed E-state index contributed by atoms with van der Waals surface area (Å²) in [4.78, 5) is 14.9. The fourth-order valence-electron chi connectivity index (χ4n) is 3.31. The molecule has 1 aliphatic heterocycles. The molecule has 0 fully saturated rings. The van der Waals surface area contributed by atoms with Crippen LogP contribution in [0.25, 0.3) is 0 Å². The van der Waals surface area contributed by atoms with Crippen LogP contribution >= 0.6 is 15.9 Å². The van der Waals surface area contributed by atoms with Gasteiger partial charge in [0.1, 0.15) is 0 Å². The third-order valence-corrected chi connectivity index (χ3v) is 5.46. The first-order valence-electron chi connectivity index (χ1n) is 8.52. The number of amides is 1. The number of nitrogens with one attached hydrogen (secondary N) is 1. The molecule has 2 aromatic carbocycles. The summed E-state index contributed by atoms with van der Waals surface area (Å²) >= 11 is 3.44. The van der Waals surface area contributed by atoms with Gasteiger partial charge < -0.3 is 5.32 Å². The number of hydrogen-bond acceptors (Lipinski definition) is 2. The topological polar surface area (TPSA) is 32.3 Å². The lowest BCUT2D eigenvalue weighted by Crippen LogP contribution is -2.45. The van der Waals surface area contributed by atoms with Gasteiger partial charge in [0.2, 0.25) is 0 Å². The van der Waals surface area contributed by atoms with Gasteiger partial charge in [0.15, 0.2) is 0 Å². The van der Waals surface area contributed by atoms with E-state index in [2.05, 4.69) is 57.3 Å². The van der Waals surface area contributed by atoms with E-state index in [1.54, 1.807) is 0 Å². The van der Waals surface area contributed by atoms with Crippen molar-refractivity contribution in [2.45, 2.75) is 32.4 Å². The minimum atomic E-state index is -0.0154. The average Bonchev–Trinajstić information content (AvgIpc) is 2.62. The molecule has 2 aromatic rings. The van der Waals surface area contributed by atoms with Crippen molar-refractivity contribution in [3.63, 3.8) is 0 Å². The number of fused-ring (bicyclic) bond motifs is 1. The molecule has 0 spiro atoms. The van der Waals surface area contributed by atoms with Gasteiger partial charge >= 0.3 is 0 Å². The van der Waals surface area contributed by atoms with Gasteiger partial charge in [-0.15, -0.1) is 0 Å². The molecular weight excluding hydrogens is 364 g/mol. The molecule has 0 unspecified atom stereocenters. The molecule has 0 saturated heterocycles. The quantitative estimate of drug-likeness (QED) is 0.841. The van der Waals surface area contributed by atoms with Crippen molar-refractivity contribution in [2.24, 2.45) is 0 Å². The van der Waals surface area contributed by atoms with Crippen LogP contribution in [0.3, 0.4) is 0 Å². The van der Waals surface area contributed by atoms with Crippen LogP contribution in [-0.2, 0) is 13.0 Å². The van der Waals surface area contributed by atoms with E-state index in [1.807, 2.05) is 24.3 Å². The third kappa shape index (κ3) is 3.87. The smallest absolute Gasteiger partial charge is 0.252 e. The summed E-state index contributed by atoms with van der Waals surface area (Å²) in [6, 6.07) is 16.6. The van der Waals surface area contributed by atoms with Crippen LogP contribution in [0.2, 0.25) is 0 Å². The number of rotatable bonds is 5. The molecule has 3 rings (SSSR count). The van der Waals surface area contributed by atoms with E-state index < -0.39 is 0 Å². The van der Waals surface area contributed by atoms with Crippen molar-refractivity contribution in [1.82, 2.24) is 10.2 Å². The molecule has 3 nitrogen and oxygen atoms in total. The summed E-state index contributed by atoms with van der Waals surface area (Å²) in [7, 11) is 0. The van der Waals surface area contributed by atoms with E-state index in [0.29, 0.717) is 18.2 Å². The van der Waals surface area contributed by atoms with Gasteiger partial charge in [0.25, 0.3) is 5.91 Å². The molecule has 4 heteroatoms. The average molecular weight is 387 g/mol. The Morgan fingerprint density at radius 3 is 2.62 bits per heavy atom. The molecule has 126 valence electrons. The highest BCUT2D eigenvalue weighted by atomic mass is 79.9. The molecule has 1 aliphatic rings. The van der Waals surface area contributed by atoms with Crippen LogP contribution in [0.15, 0.2) is 53.0 Å². The second-order valence-corrected chi connectivity index (χ2v) is 7.10. The fraction of sp³-hybridized carbons (Fsp3) is 0.350. The molecular formula is C20H23BrN2O. The van der Waals surface area contributed by atoms with Gasteiger partial charge in [-0.1, -0.05) is 43.3 Å². The monoisotopic (exact) mass is 386 g/mol. The van der Waals surface area contributed by atoms with Crippen molar-refractivity contribution in [2.75, 3.05) is 13.1 Å². The predicted molar refractivity (Wildman–Crippen MR) is 101 cm³/mol. The second-order valence-electron chi connectivity index (χ2n) is 6.24. The maximum Gasteiger partial charge on any atom is 0.252 e. The van der Waals surface area contributed by atoms with Gasteiger partial charge in [0, 0.05) is 30.1 Å². The Hall–Kier alpha value is -1.65. The highest BCUT2D eigenvalue weighted by Gasteiger charge is 2.22. The Bertz CT molecular complexity index is 716. The Labute approximate surface area is 152 Å². The zero-order chi connectivity index (χ0) is 16.9. The Morgan fingerprint density at radius 2 is 1.88 bits per heavy atom. The van der Waals surface area contributed by atoms with Gasteiger partial charge in [0.05, 0.1) is 5.56 Å². The molecule has 1 amide bonds. The molecule has 1 atom stereocenters. The van der Waals surface area contributed by atoms with E-state index in [0.717, 1.165) is 30.4 Å². The van der Waals surface area contributed by atoms with Crippen molar-refractivity contribution in [3.05, 3.63) is 69.7 Å². The molecule has 1 heterocycles. The van der Waals surface area contributed by atoms with Crippen molar-refractivity contribution in [3.8, 4) is 0 Å². The van der Waals surface area contributed by atoms with Crippen LogP contribution in [0.5, 0.6) is 0 Å². The van der Waals surface area contributed by atoms with Crippen molar-refractivity contribution >= 4 is 21.8 Å².